The summed E-state index contributed by atoms with van der Waals surface area (Å²) in [6.07, 6.45) is -0.410. The first-order valence-corrected chi connectivity index (χ1v) is 4.32. The van der Waals surface area contributed by atoms with Crippen LogP contribution in [0, 0.1) is 23.3 Å². The minimum Gasteiger partial charge on any atom is -0.365 e. The maximum Gasteiger partial charge on any atom is 0.185 e. The number of anilines is 1. The Morgan fingerprint density at radius 1 is 1.20 bits per heavy atom. The first-order chi connectivity index (χ1) is 6.97. The van der Waals surface area contributed by atoms with Crippen LogP contribution in [0.15, 0.2) is 6.07 Å². The molecule has 1 rings (SSSR count). The van der Waals surface area contributed by atoms with E-state index in [0.29, 0.717) is 6.42 Å². The summed E-state index contributed by atoms with van der Waals surface area (Å²) in [7, 11) is 0. The first-order valence-electron chi connectivity index (χ1n) is 4.32. The van der Waals surface area contributed by atoms with Gasteiger partial charge in [-0.3, -0.25) is 0 Å². The molecular formula is C9H10F4N2. The summed E-state index contributed by atoms with van der Waals surface area (Å²) in [5.74, 6) is -5.87. The molecule has 0 aliphatic rings. The summed E-state index contributed by atoms with van der Waals surface area (Å²) in [5.41, 5.74) is 4.48. The molecule has 0 spiro atoms. The molecule has 1 aromatic carbocycles. The summed E-state index contributed by atoms with van der Waals surface area (Å²) in [6.45, 7) is 1.66. The van der Waals surface area contributed by atoms with Gasteiger partial charge in [0, 0.05) is 6.07 Å². The van der Waals surface area contributed by atoms with Crippen LogP contribution in [0.3, 0.4) is 0 Å². The molecule has 0 aliphatic carbocycles. The van der Waals surface area contributed by atoms with Crippen molar-refractivity contribution in [3.63, 3.8) is 0 Å². The Hall–Kier alpha value is -1.30. The van der Waals surface area contributed by atoms with E-state index < -0.39 is 35.1 Å². The normalized spacial score (nSPS) is 12.7. The lowest BCUT2D eigenvalue weighted by atomic mass is 10.2. The van der Waals surface area contributed by atoms with Crippen LogP contribution in [0.2, 0.25) is 0 Å². The second kappa shape index (κ2) is 4.48. The highest BCUT2D eigenvalue weighted by molar-refractivity contribution is 5.47. The summed E-state index contributed by atoms with van der Waals surface area (Å²) in [6, 6.07) is 0.146. The highest BCUT2D eigenvalue weighted by Gasteiger charge is 2.19. The molecule has 84 valence electrons. The Balaban J connectivity index is 3.15. The number of halogens is 4. The van der Waals surface area contributed by atoms with Gasteiger partial charge in [0.2, 0.25) is 0 Å². The van der Waals surface area contributed by atoms with Gasteiger partial charge in [0.15, 0.2) is 23.3 Å². The maximum absolute atomic E-state index is 13.0. The van der Waals surface area contributed by atoms with Crippen molar-refractivity contribution >= 4 is 5.69 Å². The van der Waals surface area contributed by atoms with E-state index in [1.807, 2.05) is 0 Å². The van der Waals surface area contributed by atoms with Crippen molar-refractivity contribution in [1.82, 2.24) is 0 Å². The minimum absolute atomic E-state index is 0.146. The third-order valence-electron chi connectivity index (χ3n) is 1.88. The molecule has 0 aliphatic heterocycles. The monoisotopic (exact) mass is 222 g/mol. The molecule has 0 saturated carbocycles. The predicted molar refractivity (Wildman–Crippen MR) is 48.2 cm³/mol. The molecule has 1 aromatic rings. The van der Waals surface area contributed by atoms with Crippen molar-refractivity contribution < 1.29 is 17.6 Å². The van der Waals surface area contributed by atoms with Gasteiger partial charge in [-0.25, -0.2) is 17.6 Å². The van der Waals surface area contributed by atoms with Gasteiger partial charge < -0.3 is 11.1 Å². The standard InChI is InChI=1S/C9H10F4N2/c1-2-6(14)15-9-7(12)4(10)3-5(11)8(9)13/h3,6,15H,2,14H2,1H3. The highest BCUT2D eigenvalue weighted by Crippen LogP contribution is 2.24. The van der Waals surface area contributed by atoms with Crippen molar-refractivity contribution in [2.24, 2.45) is 5.73 Å². The van der Waals surface area contributed by atoms with Crippen molar-refractivity contribution in [2.75, 3.05) is 5.32 Å². The van der Waals surface area contributed by atoms with Crippen LogP contribution >= 0.6 is 0 Å². The average Bonchev–Trinajstić information content (AvgIpc) is 2.21. The van der Waals surface area contributed by atoms with Crippen molar-refractivity contribution in [1.29, 1.82) is 0 Å². The van der Waals surface area contributed by atoms with E-state index in [9.17, 15) is 17.6 Å². The van der Waals surface area contributed by atoms with Gasteiger partial charge in [-0.05, 0) is 6.42 Å². The van der Waals surface area contributed by atoms with Crippen LogP contribution in [0.1, 0.15) is 13.3 Å². The van der Waals surface area contributed by atoms with Crippen LogP contribution in [-0.2, 0) is 0 Å². The lowest BCUT2D eigenvalue weighted by molar-refractivity contribution is 0.456. The molecule has 0 fully saturated rings. The van der Waals surface area contributed by atoms with Crippen molar-refractivity contribution in [3.05, 3.63) is 29.3 Å². The summed E-state index contributed by atoms with van der Waals surface area (Å²) in [4.78, 5) is 0. The predicted octanol–water partition coefficient (Wildman–Crippen LogP) is 2.35. The average molecular weight is 222 g/mol. The minimum atomic E-state index is -1.47. The SMILES string of the molecule is CCC(N)Nc1c(F)c(F)cc(F)c1F. The second-order valence-corrected chi connectivity index (χ2v) is 3.00. The Morgan fingerprint density at radius 3 is 2.07 bits per heavy atom. The zero-order chi connectivity index (χ0) is 11.6. The Morgan fingerprint density at radius 2 is 1.67 bits per heavy atom. The van der Waals surface area contributed by atoms with Crippen LogP contribution < -0.4 is 11.1 Å². The lowest BCUT2D eigenvalue weighted by Crippen LogP contribution is -2.29. The molecule has 0 heterocycles. The Kier molecular flexibility index (Phi) is 3.52. The van der Waals surface area contributed by atoms with E-state index in [-0.39, 0.29) is 6.07 Å². The number of hydrogen-bond acceptors (Lipinski definition) is 2. The number of nitrogens with one attached hydrogen (secondary N) is 1. The van der Waals surface area contributed by atoms with Gasteiger partial charge >= 0.3 is 0 Å². The number of nitrogens with two attached hydrogens (primary N) is 1. The lowest BCUT2D eigenvalue weighted by Gasteiger charge is -2.14. The number of benzene rings is 1. The highest BCUT2D eigenvalue weighted by atomic mass is 19.2. The van der Waals surface area contributed by atoms with Gasteiger partial charge in [0.05, 0.1) is 6.17 Å². The van der Waals surface area contributed by atoms with Gasteiger partial charge in [0.25, 0.3) is 0 Å². The van der Waals surface area contributed by atoms with Crippen molar-refractivity contribution in [3.8, 4) is 0 Å². The Bertz CT molecular complexity index is 341. The molecule has 1 atom stereocenters. The Labute approximate surface area is 84.1 Å². The van der Waals surface area contributed by atoms with E-state index >= 15 is 0 Å². The molecule has 0 radical (unpaired) electrons. The number of hydrogen-bond donors (Lipinski definition) is 2. The zero-order valence-electron chi connectivity index (χ0n) is 7.95. The summed E-state index contributed by atoms with van der Waals surface area (Å²) >= 11 is 0. The molecule has 15 heavy (non-hydrogen) atoms. The van der Waals surface area contributed by atoms with E-state index in [1.165, 1.54) is 0 Å². The third-order valence-corrected chi connectivity index (χ3v) is 1.88. The smallest absolute Gasteiger partial charge is 0.185 e. The van der Waals surface area contributed by atoms with E-state index in [2.05, 4.69) is 5.32 Å². The molecular weight excluding hydrogens is 212 g/mol. The molecule has 0 aromatic heterocycles. The van der Waals surface area contributed by atoms with Gasteiger partial charge in [-0.2, -0.15) is 0 Å². The van der Waals surface area contributed by atoms with Crippen LogP contribution in [0.4, 0.5) is 23.2 Å². The molecule has 0 amide bonds. The summed E-state index contributed by atoms with van der Waals surface area (Å²) < 4.78 is 51.5. The fourth-order valence-corrected chi connectivity index (χ4v) is 0.987. The number of rotatable bonds is 3. The van der Waals surface area contributed by atoms with E-state index in [4.69, 9.17) is 5.73 Å². The fraction of sp³-hybridized carbons (Fsp3) is 0.333. The molecule has 0 bridgehead atoms. The van der Waals surface area contributed by atoms with Crippen LogP contribution in [0.5, 0.6) is 0 Å². The topological polar surface area (TPSA) is 38.0 Å². The molecule has 0 saturated heterocycles. The molecule has 1 unspecified atom stereocenters. The van der Waals surface area contributed by atoms with Crippen LogP contribution in [0.25, 0.3) is 0 Å². The second-order valence-electron chi connectivity index (χ2n) is 3.00. The maximum atomic E-state index is 13.0. The van der Waals surface area contributed by atoms with E-state index in [1.54, 1.807) is 6.92 Å². The zero-order valence-corrected chi connectivity index (χ0v) is 7.95. The van der Waals surface area contributed by atoms with Crippen molar-refractivity contribution in [2.45, 2.75) is 19.5 Å². The fourth-order valence-electron chi connectivity index (χ4n) is 0.987. The van der Waals surface area contributed by atoms with Gasteiger partial charge in [-0.1, -0.05) is 6.92 Å². The third kappa shape index (κ3) is 2.38. The van der Waals surface area contributed by atoms with E-state index in [0.717, 1.165) is 0 Å². The van der Waals surface area contributed by atoms with Gasteiger partial charge in [0.1, 0.15) is 5.69 Å². The summed E-state index contributed by atoms with van der Waals surface area (Å²) in [5, 5.41) is 2.16. The molecule has 2 nitrogen and oxygen atoms in total. The quantitative estimate of drug-likeness (QED) is 0.468. The molecule has 3 N–H and O–H groups in total. The van der Waals surface area contributed by atoms with Gasteiger partial charge in [-0.15, -0.1) is 0 Å². The van der Waals surface area contributed by atoms with Crippen LogP contribution in [-0.4, -0.2) is 6.17 Å². The molecule has 6 heteroatoms. The largest absolute Gasteiger partial charge is 0.365 e. The first kappa shape index (κ1) is 11.8.